The molecule has 1 aromatic rings. The van der Waals surface area contributed by atoms with Crippen LogP contribution in [0.4, 0.5) is 5.13 Å². The van der Waals surface area contributed by atoms with Crippen molar-refractivity contribution in [2.24, 2.45) is 0 Å². The lowest BCUT2D eigenvalue weighted by Crippen LogP contribution is -2.09. The Bertz CT molecular complexity index is 246. The van der Waals surface area contributed by atoms with Gasteiger partial charge < -0.3 is 15.2 Å². The number of hydrogen-bond acceptors (Lipinski definition) is 5. The van der Waals surface area contributed by atoms with Crippen molar-refractivity contribution in [2.45, 2.75) is 20.1 Å². The fourth-order valence-electron chi connectivity index (χ4n) is 0.931. The Morgan fingerprint density at radius 2 is 2.08 bits per heavy atom. The number of nitrogens with two attached hydrogens (primary N) is 1. The molecule has 5 heteroatoms. The standard InChI is InChI=1S/C8H14N2O2S/c1-3-11-7(12-4-2)6-5-13-8(9)10-6/h5,7H,3-4H2,1-2H3,(H2,9,10). The van der Waals surface area contributed by atoms with Crippen molar-refractivity contribution in [1.82, 2.24) is 4.98 Å². The minimum atomic E-state index is -0.372. The average Bonchev–Trinajstić information content (AvgIpc) is 2.51. The van der Waals surface area contributed by atoms with Crippen LogP contribution < -0.4 is 5.73 Å². The van der Waals surface area contributed by atoms with Crippen molar-refractivity contribution in [3.05, 3.63) is 11.1 Å². The van der Waals surface area contributed by atoms with Crippen molar-refractivity contribution in [1.29, 1.82) is 0 Å². The molecule has 0 amide bonds. The average molecular weight is 202 g/mol. The van der Waals surface area contributed by atoms with Crippen molar-refractivity contribution in [2.75, 3.05) is 18.9 Å². The summed E-state index contributed by atoms with van der Waals surface area (Å²) in [5.74, 6) is 0. The molecule has 0 saturated carbocycles. The van der Waals surface area contributed by atoms with Crippen LogP contribution in [0.5, 0.6) is 0 Å². The van der Waals surface area contributed by atoms with Gasteiger partial charge in [0.25, 0.3) is 0 Å². The summed E-state index contributed by atoms with van der Waals surface area (Å²) in [6.07, 6.45) is -0.372. The monoisotopic (exact) mass is 202 g/mol. The predicted molar refractivity (Wildman–Crippen MR) is 52.5 cm³/mol. The van der Waals surface area contributed by atoms with E-state index < -0.39 is 0 Å². The Labute approximate surface area is 81.7 Å². The van der Waals surface area contributed by atoms with Crippen LogP contribution >= 0.6 is 11.3 Å². The lowest BCUT2D eigenvalue weighted by atomic mass is 10.5. The molecule has 0 bridgehead atoms. The van der Waals surface area contributed by atoms with Crippen LogP contribution in [-0.2, 0) is 9.47 Å². The Balaban J connectivity index is 2.63. The molecule has 1 aromatic heterocycles. The highest BCUT2D eigenvalue weighted by Crippen LogP contribution is 2.22. The highest BCUT2D eigenvalue weighted by molar-refractivity contribution is 7.13. The maximum atomic E-state index is 5.51. The third-order valence-corrected chi connectivity index (χ3v) is 2.11. The van der Waals surface area contributed by atoms with Gasteiger partial charge in [-0.15, -0.1) is 11.3 Å². The number of nitrogens with zero attached hydrogens (tertiary/aromatic N) is 1. The van der Waals surface area contributed by atoms with Crippen molar-refractivity contribution in [3.63, 3.8) is 0 Å². The third-order valence-electron chi connectivity index (χ3n) is 1.42. The highest BCUT2D eigenvalue weighted by Gasteiger charge is 2.13. The minimum Gasteiger partial charge on any atom is -0.375 e. The normalized spacial score (nSPS) is 11.0. The molecule has 4 nitrogen and oxygen atoms in total. The molecule has 1 heterocycles. The molecule has 13 heavy (non-hydrogen) atoms. The Kier molecular flexibility index (Phi) is 4.14. The van der Waals surface area contributed by atoms with Gasteiger partial charge in [0, 0.05) is 18.6 Å². The first kappa shape index (κ1) is 10.4. The molecular weight excluding hydrogens is 188 g/mol. The quantitative estimate of drug-likeness (QED) is 0.740. The van der Waals surface area contributed by atoms with Crippen molar-refractivity contribution >= 4 is 16.5 Å². The van der Waals surface area contributed by atoms with Crippen LogP contribution in [0.2, 0.25) is 0 Å². The molecule has 2 N–H and O–H groups in total. The van der Waals surface area contributed by atoms with Gasteiger partial charge in [0.05, 0.1) is 0 Å². The number of nitrogen functional groups attached to an aromatic ring is 1. The number of thiazole rings is 1. The first-order valence-electron chi connectivity index (χ1n) is 4.22. The lowest BCUT2D eigenvalue weighted by Gasteiger charge is -2.13. The second-order valence-electron chi connectivity index (χ2n) is 2.35. The second-order valence-corrected chi connectivity index (χ2v) is 3.24. The van der Waals surface area contributed by atoms with E-state index in [2.05, 4.69) is 4.98 Å². The molecule has 0 aliphatic rings. The zero-order valence-corrected chi connectivity index (χ0v) is 8.63. The maximum absolute atomic E-state index is 5.51. The smallest absolute Gasteiger partial charge is 0.201 e. The molecule has 0 fully saturated rings. The van der Waals surface area contributed by atoms with Gasteiger partial charge in [0.15, 0.2) is 5.13 Å². The summed E-state index contributed by atoms with van der Waals surface area (Å²) < 4.78 is 10.7. The molecule has 0 unspecified atom stereocenters. The Morgan fingerprint density at radius 3 is 2.46 bits per heavy atom. The molecular formula is C8H14N2O2S. The van der Waals surface area contributed by atoms with E-state index in [1.165, 1.54) is 11.3 Å². The van der Waals surface area contributed by atoms with Crippen LogP contribution in [-0.4, -0.2) is 18.2 Å². The van der Waals surface area contributed by atoms with E-state index >= 15 is 0 Å². The topological polar surface area (TPSA) is 57.4 Å². The Morgan fingerprint density at radius 1 is 1.46 bits per heavy atom. The summed E-state index contributed by atoms with van der Waals surface area (Å²) in [6.45, 7) is 5.04. The molecule has 0 aliphatic heterocycles. The molecule has 0 atom stereocenters. The van der Waals surface area contributed by atoms with Gasteiger partial charge in [-0.2, -0.15) is 0 Å². The van der Waals surface area contributed by atoms with Crippen molar-refractivity contribution in [3.8, 4) is 0 Å². The zero-order chi connectivity index (χ0) is 9.68. The van der Waals surface area contributed by atoms with Crippen LogP contribution in [0.15, 0.2) is 5.38 Å². The summed E-state index contributed by atoms with van der Waals surface area (Å²) in [7, 11) is 0. The number of anilines is 1. The van der Waals surface area contributed by atoms with Gasteiger partial charge in [-0.05, 0) is 13.8 Å². The van der Waals surface area contributed by atoms with E-state index in [0.717, 1.165) is 5.69 Å². The zero-order valence-electron chi connectivity index (χ0n) is 7.82. The van der Waals surface area contributed by atoms with Gasteiger partial charge in [-0.1, -0.05) is 0 Å². The number of rotatable bonds is 5. The molecule has 1 rings (SSSR count). The van der Waals surface area contributed by atoms with Gasteiger partial charge >= 0.3 is 0 Å². The summed E-state index contributed by atoms with van der Waals surface area (Å²) in [6, 6.07) is 0. The summed E-state index contributed by atoms with van der Waals surface area (Å²) >= 11 is 1.39. The molecule has 0 saturated heterocycles. The highest BCUT2D eigenvalue weighted by atomic mass is 32.1. The van der Waals surface area contributed by atoms with Gasteiger partial charge in [-0.3, -0.25) is 0 Å². The van der Waals surface area contributed by atoms with Gasteiger partial charge in [0.2, 0.25) is 6.29 Å². The number of ether oxygens (including phenoxy) is 2. The van der Waals surface area contributed by atoms with Gasteiger partial charge in [0.1, 0.15) is 5.69 Å². The second kappa shape index (κ2) is 5.16. The van der Waals surface area contributed by atoms with E-state index in [1.807, 2.05) is 19.2 Å². The SMILES string of the molecule is CCOC(OCC)c1csc(N)n1. The minimum absolute atomic E-state index is 0.372. The fourth-order valence-corrected chi connectivity index (χ4v) is 1.49. The lowest BCUT2D eigenvalue weighted by molar-refractivity contribution is -0.142. The molecule has 0 spiro atoms. The fraction of sp³-hybridized carbons (Fsp3) is 0.625. The van der Waals surface area contributed by atoms with E-state index in [0.29, 0.717) is 18.3 Å². The summed E-state index contributed by atoms with van der Waals surface area (Å²) in [4.78, 5) is 4.09. The number of hydrogen-bond donors (Lipinski definition) is 1. The number of aromatic nitrogens is 1. The van der Waals surface area contributed by atoms with E-state index in [9.17, 15) is 0 Å². The first-order chi connectivity index (χ1) is 6.27. The van der Waals surface area contributed by atoms with E-state index in [1.54, 1.807) is 0 Å². The van der Waals surface area contributed by atoms with Crippen LogP contribution in [0.25, 0.3) is 0 Å². The third kappa shape index (κ3) is 2.95. The van der Waals surface area contributed by atoms with Crippen molar-refractivity contribution < 1.29 is 9.47 Å². The molecule has 0 aliphatic carbocycles. The largest absolute Gasteiger partial charge is 0.375 e. The molecule has 0 radical (unpaired) electrons. The molecule has 0 aromatic carbocycles. The Hall–Kier alpha value is -0.650. The van der Waals surface area contributed by atoms with E-state index in [4.69, 9.17) is 15.2 Å². The summed E-state index contributed by atoms with van der Waals surface area (Å²) in [5.41, 5.74) is 6.26. The van der Waals surface area contributed by atoms with Crippen LogP contribution in [0, 0.1) is 0 Å². The van der Waals surface area contributed by atoms with Crippen LogP contribution in [0.1, 0.15) is 25.8 Å². The molecule has 74 valence electrons. The maximum Gasteiger partial charge on any atom is 0.201 e. The van der Waals surface area contributed by atoms with E-state index in [-0.39, 0.29) is 6.29 Å². The predicted octanol–water partition coefficient (Wildman–Crippen LogP) is 1.80. The first-order valence-corrected chi connectivity index (χ1v) is 5.10. The summed E-state index contributed by atoms with van der Waals surface area (Å²) in [5, 5.41) is 2.39. The van der Waals surface area contributed by atoms with Gasteiger partial charge in [-0.25, -0.2) is 4.98 Å². The van der Waals surface area contributed by atoms with Crippen LogP contribution in [0.3, 0.4) is 0 Å².